The second kappa shape index (κ2) is 6.65. The van der Waals surface area contributed by atoms with Crippen molar-refractivity contribution in [1.29, 1.82) is 0 Å². The van der Waals surface area contributed by atoms with Crippen LogP contribution in [0.25, 0.3) is 0 Å². The molecule has 0 aliphatic carbocycles. The number of hydrogen-bond donors (Lipinski definition) is 2. The topological polar surface area (TPSA) is 55.1 Å². The Labute approximate surface area is 107 Å². The Morgan fingerprint density at radius 1 is 1.28 bits per heavy atom. The third-order valence-electron chi connectivity index (χ3n) is 2.11. The lowest BCUT2D eigenvalue weighted by atomic mass is 10.1. The van der Waals surface area contributed by atoms with Crippen LogP contribution in [0.15, 0.2) is 24.3 Å². The van der Waals surface area contributed by atoms with Crippen molar-refractivity contribution in [1.82, 2.24) is 5.32 Å². The van der Waals surface area contributed by atoms with Crippen molar-refractivity contribution in [2.45, 2.75) is 12.1 Å². The highest BCUT2D eigenvalue weighted by molar-refractivity contribution is 8.00. The molecule has 0 aliphatic heterocycles. The summed E-state index contributed by atoms with van der Waals surface area (Å²) in [4.78, 5) is 11.5. The average Bonchev–Trinajstić information content (AvgIpc) is 2.33. The summed E-state index contributed by atoms with van der Waals surface area (Å²) in [6.45, 7) is 0.353. The third-order valence-corrected chi connectivity index (χ3v) is 2.84. The number of rotatable bonds is 5. The Hall–Kier alpha value is -1.21. The number of halogens is 3. The summed E-state index contributed by atoms with van der Waals surface area (Å²) in [5.41, 5.74) is 2.44. The molecule has 18 heavy (non-hydrogen) atoms. The summed E-state index contributed by atoms with van der Waals surface area (Å²) in [5.74, 6) is -0.586. The van der Waals surface area contributed by atoms with Gasteiger partial charge in [-0.25, -0.2) is 0 Å². The molecule has 0 aromatic heterocycles. The van der Waals surface area contributed by atoms with Crippen LogP contribution < -0.4 is 11.1 Å². The van der Waals surface area contributed by atoms with Crippen molar-refractivity contribution < 1.29 is 18.0 Å². The van der Waals surface area contributed by atoms with E-state index in [-0.39, 0.29) is 30.0 Å². The average molecular weight is 278 g/mol. The smallest absolute Gasteiger partial charge is 0.351 e. The van der Waals surface area contributed by atoms with Gasteiger partial charge in [0.05, 0.1) is 0 Å². The molecule has 1 aromatic rings. The van der Waals surface area contributed by atoms with Crippen molar-refractivity contribution in [3.05, 3.63) is 35.4 Å². The fourth-order valence-electron chi connectivity index (χ4n) is 1.23. The molecule has 1 aromatic carbocycles. The molecule has 100 valence electrons. The van der Waals surface area contributed by atoms with Crippen molar-refractivity contribution in [3.8, 4) is 0 Å². The van der Waals surface area contributed by atoms with Gasteiger partial charge in [0.15, 0.2) is 0 Å². The van der Waals surface area contributed by atoms with Gasteiger partial charge in [0.1, 0.15) is 0 Å². The van der Waals surface area contributed by atoms with Crippen LogP contribution in [0.5, 0.6) is 0 Å². The molecule has 1 amide bonds. The molecular weight excluding hydrogens is 265 g/mol. The number of alkyl halides is 3. The molecule has 0 atom stereocenters. The maximum atomic E-state index is 11.8. The highest BCUT2D eigenvalue weighted by Crippen LogP contribution is 2.29. The Morgan fingerprint density at radius 2 is 1.89 bits per heavy atom. The standard InChI is InChI=1S/C11H13F3N2OS/c12-11(13,14)18-6-5-16-10(17)9-3-1-8(7-15)2-4-9/h1-4H,5-7,15H2,(H,16,17). The molecule has 0 aliphatic rings. The lowest BCUT2D eigenvalue weighted by Crippen LogP contribution is -2.26. The molecule has 0 unspecified atom stereocenters. The van der Waals surface area contributed by atoms with Crippen molar-refractivity contribution >= 4 is 17.7 Å². The fraction of sp³-hybridized carbons (Fsp3) is 0.364. The van der Waals surface area contributed by atoms with Gasteiger partial charge in [-0.05, 0) is 29.5 Å². The third kappa shape index (κ3) is 5.42. The molecule has 0 fully saturated rings. The van der Waals surface area contributed by atoms with E-state index < -0.39 is 5.51 Å². The van der Waals surface area contributed by atoms with E-state index in [2.05, 4.69) is 5.32 Å². The largest absolute Gasteiger partial charge is 0.441 e. The summed E-state index contributed by atoms with van der Waals surface area (Å²) in [5, 5.41) is 2.42. The predicted octanol–water partition coefficient (Wildman–Crippen LogP) is 2.13. The van der Waals surface area contributed by atoms with Crippen molar-refractivity contribution in [2.75, 3.05) is 12.3 Å². The van der Waals surface area contributed by atoms with E-state index in [0.29, 0.717) is 12.1 Å². The van der Waals surface area contributed by atoms with Crippen molar-refractivity contribution in [2.24, 2.45) is 5.73 Å². The molecule has 0 bridgehead atoms. The first kappa shape index (κ1) is 14.8. The molecule has 3 N–H and O–H groups in total. The zero-order valence-electron chi connectivity index (χ0n) is 9.46. The lowest BCUT2D eigenvalue weighted by molar-refractivity contribution is -0.0327. The summed E-state index contributed by atoms with van der Waals surface area (Å²) in [7, 11) is 0. The van der Waals surface area contributed by atoms with Gasteiger partial charge in [-0.3, -0.25) is 4.79 Å². The van der Waals surface area contributed by atoms with E-state index in [1.54, 1.807) is 24.3 Å². The Bertz CT molecular complexity index is 392. The minimum absolute atomic E-state index is 0.0261. The van der Waals surface area contributed by atoms with E-state index in [1.807, 2.05) is 0 Å². The van der Waals surface area contributed by atoms with Crippen LogP contribution in [0.4, 0.5) is 13.2 Å². The molecule has 3 nitrogen and oxygen atoms in total. The van der Waals surface area contributed by atoms with Gasteiger partial charge in [-0.2, -0.15) is 13.2 Å². The second-order valence-electron chi connectivity index (χ2n) is 3.45. The van der Waals surface area contributed by atoms with Crippen LogP contribution in [0.3, 0.4) is 0 Å². The van der Waals surface area contributed by atoms with E-state index in [1.165, 1.54) is 0 Å². The molecule has 0 radical (unpaired) electrons. The predicted molar refractivity (Wildman–Crippen MR) is 65.2 cm³/mol. The zero-order chi connectivity index (χ0) is 13.6. The van der Waals surface area contributed by atoms with Crippen molar-refractivity contribution in [3.63, 3.8) is 0 Å². The summed E-state index contributed by atoms with van der Waals surface area (Å²) in [6, 6.07) is 6.60. The normalized spacial score (nSPS) is 11.3. The Morgan fingerprint density at radius 3 is 2.39 bits per heavy atom. The van der Waals surface area contributed by atoms with Gasteiger partial charge in [-0.1, -0.05) is 12.1 Å². The molecule has 1 rings (SSSR count). The maximum Gasteiger partial charge on any atom is 0.441 e. The van der Waals surface area contributed by atoms with Gasteiger partial charge < -0.3 is 11.1 Å². The van der Waals surface area contributed by atoms with Crippen LogP contribution in [0, 0.1) is 0 Å². The van der Waals surface area contributed by atoms with E-state index in [9.17, 15) is 18.0 Å². The maximum absolute atomic E-state index is 11.8. The monoisotopic (exact) mass is 278 g/mol. The van der Waals surface area contributed by atoms with Gasteiger partial charge in [0.25, 0.3) is 5.91 Å². The second-order valence-corrected chi connectivity index (χ2v) is 4.61. The van der Waals surface area contributed by atoms with E-state index in [4.69, 9.17) is 5.73 Å². The zero-order valence-corrected chi connectivity index (χ0v) is 10.3. The number of nitrogens with two attached hydrogens (primary N) is 1. The first-order valence-electron chi connectivity index (χ1n) is 5.20. The quantitative estimate of drug-likeness (QED) is 0.811. The van der Waals surface area contributed by atoms with Crippen LogP contribution >= 0.6 is 11.8 Å². The minimum Gasteiger partial charge on any atom is -0.351 e. The number of carbonyl (C=O) groups is 1. The van der Waals surface area contributed by atoms with Crippen LogP contribution in [0.2, 0.25) is 0 Å². The highest BCUT2D eigenvalue weighted by atomic mass is 32.2. The number of thioether (sulfide) groups is 1. The number of nitrogens with one attached hydrogen (secondary N) is 1. The number of amides is 1. The van der Waals surface area contributed by atoms with Crippen LogP contribution in [0.1, 0.15) is 15.9 Å². The molecule has 0 spiro atoms. The van der Waals surface area contributed by atoms with E-state index >= 15 is 0 Å². The SMILES string of the molecule is NCc1ccc(C(=O)NCCSC(F)(F)F)cc1. The lowest BCUT2D eigenvalue weighted by Gasteiger charge is -2.07. The molecule has 0 saturated heterocycles. The number of benzene rings is 1. The first-order valence-corrected chi connectivity index (χ1v) is 6.19. The molecule has 7 heteroatoms. The van der Waals surface area contributed by atoms with Gasteiger partial charge >= 0.3 is 5.51 Å². The van der Waals surface area contributed by atoms with Crippen LogP contribution in [-0.4, -0.2) is 23.7 Å². The van der Waals surface area contributed by atoms with Crippen LogP contribution in [-0.2, 0) is 6.54 Å². The Balaban J connectivity index is 2.36. The van der Waals surface area contributed by atoms with E-state index in [0.717, 1.165) is 5.56 Å². The molecule has 0 heterocycles. The summed E-state index contributed by atoms with van der Waals surface area (Å²) in [6.07, 6.45) is 0. The highest BCUT2D eigenvalue weighted by Gasteiger charge is 2.27. The van der Waals surface area contributed by atoms with Gasteiger partial charge in [0.2, 0.25) is 0 Å². The minimum atomic E-state index is -4.26. The van der Waals surface area contributed by atoms with Gasteiger partial charge in [-0.15, -0.1) is 0 Å². The summed E-state index contributed by atoms with van der Waals surface area (Å²) >= 11 is -0.154. The number of hydrogen-bond acceptors (Lipinski definition) is 3. The first-order chi connectivity index (χ1) is 8.42. The Kier molecular flexibility index (Phi) is 5.49. The number of carbonyl (C=O) groups excluding carboxylic acids is 1. The molecular formula is C11H13F3N2OS. The fourth-order valence-corrected chi connectivity index (χ4v) is 1.66. The van der Waals surface area contributed by atoms with Gasteiger partial charge in [0, 0.05) is 24.4 Å². The molecule has 0 saturated carbocycles. The summed E-state index contributed by atoms with van der Waals surface area (Å²) < 4.78 is 35.5.